The third kappa shape index (κ3) is 3.56. The third-order valence-electron chi connectivity index (χ3n) is 3.70. The second-order valence-electron chi connectivity index (χ2n) is 5.46. The van der Waals surface area contributed by atoms with Gasteiger partial charge >= 0.3 is 0 Å². The summed E-state index contributed by atoms with van der Waals surface area (Å²) in [6.07, 6.45) is 0. The molecular weight excluding hydrogens is 343 g/mol. The van der Waals surface area contributed by atoms with Gasteiger partial charge in [-0.25, -0.2) is 4.39 Å². The molecule has 0 saturated heterocycles. The molecule has 0 amide bonds. The van der Waals surface area contributed by atoms with Crippen molar-refractivity contribution in [3.63, 3.8) is 0 Å². The van der Waals surface area contributed by atoms with Crippen LogP contribution in [0.1, 0.15) is 19.4 Å². The molecule has 1 heterocycles. The summed E-state index contributed by atoms with van der Waals surface area (Å²) in [4.78, 5) is 0.0842. The molecule has 1 N–H and O–H groups in total. The summed E-state index contributed by atoms with van der Waals surface area (Å²) in [7, 11) is -3.83. The van der Waals surface area contributed by atoms with Gasteiger partial charge < -0.3 is 10.1 Å². The highest BCUT2D eigenvalue weighted by molar-refractivity contribution is 8.00. The zero-order valence-corrected chi connectivity index (χ0v) is 14.6. The number of benzene rings is 2. The van der Waals surface area contributed by atoms with Crippen molar-refractivity contribution in [1.29, 1.82) is 0 Å². The summed E-state index contributed by atoms with van der Waals surface area (Å²) in [6.45, 7) is 4.14. The number of nitrogens with one attached hydrogen (secondary N) is 1. The van der Waals surface area contributed by atoms with Crippen molar-refractivity contribution in [2.24, 2.45) is 4.40 Å². The first-order valence-corrected chi connectivity index (χ1v) is 9.17. The zero-order valence-electron chi connectivity index (χ0n) is 13.8. The first-order valence-electron chi connectivity index (χ1n) is 7.73. The number of amidine groups is 1. The molecule has 0 fully saturated rings. The lowest BCUT2D eigenvalue weighted by Gasteiger charge is -2.08. The molecule has 0 saturated carbocycles. The van der Waals surface area contributed by atoms with Crippen LogP contribution in [-0.4, -0.2) is 20.9 Å². The molecule has 2 aromatic rings. The second-order valence-corrected chi connectivity index (χ2v) is 7.00. The predicted molar refractivity (Wildman–Crippen MR) is 96.6 cm³/mol. The average Bonchev–Trinajstić information content (AvgIpc) is 2.79. The topological polar surface area (TPSA) is 67.8 Å². The molecular formula is C18H17FN2O3S. The molecule has 2 aromatic carbocycles. The number of hydrogen-bond donors (Lipinski definition) is 1. The van der Waals surface area contributed by atoms with Crippen molar-refractivity contribution >= 4 is 26.5 Å². The van der Waals surface area contributed by atoms with Crippen molar-refractivity contribution in [3.05, 3.63) is 65.5 Å². The lowest BCUT2D eigenvalue weighted by molar-refractivity contribution is 0.340. The molecule has 5 nitrogen and oxygen atoms in total. The maximum Gasteiger partial charge on any atom is 0.285 e. The lowest BCUT2D eigenvalue weighted by atomic mass is 10.1. The number of sulfonamides is 1. The Balaban J connectivity index is 1.91. The van der Waals surface area contributed by atoms with E-state index >= 15 is 0 Å². The molecule has 1 aliphatic rings. The molecule has 1 aliphatic heterocycles. The quantitative estimate of drug-likeness (QED) is 0.900. The Morgan fingerprint density at radius 1 is 1.08 bits per heavy atom. The molecule has 0 radical (unpaired) electrons. The predicted octanol–water partition coefficient (Wildman–Crippen LogP) is 3.81. The van der Waals surface area contributed by atoms with E-state index in [2.05, 4.69) is 9.71 Å². The van der Waals surface area contributed by atoms with E-state index in [1.54, 1.807) is 31.2 Å². The Labute approximate surface area is 145 Å². The second kappa shape index (κ2) is 6.68. The Morgan fingerprint density at radius 2 is 1.72 bits per heavy atom. The number of hydrogen-bond acceptors (Lipinski definition) is 4. The fourth-order valence-electron chi connectivity index (χ4n) is 2.56. The van der Waals surface area contributed by atoms with Crippen molar-refractivity contribution < 1.29 is 17.5 Å². The van der Waals surface area contributed by atoms with Crippen LogP contribution in [0.4, 0.5) is 10.1 Å². The minimum atomic E-state index is -3.83. The molecule has 7 heteroatoms. The average molecular weight is 360 g/mol. The van der Waals surface area contributed by atoms with E-state index in [1.807, 2.05) is 6.92 Å². The minimum absolute atomic E-state index is 0.0842. The van der Waals surface area contributed by atoms with E-state index in [4.69, 9.17) is 4.74 Å². The monoisotopic (exact) mass is 360 g/mol. The molecule has 25 heavy (non-hydrogen) atoms. The van der Waals surface area contributed by atoms with Crippen LogP contribution in [0.25, 0.3) is 4.91 Å². The Kier molecular flexibility index (Phi) is 4.59. The summed E-state index contributed by atoms with van der Waals surface area (Å²) in [5.41, 5.74) is 1.59. The standard InChI is InChI=1S/C18H17FN2O3S/c1-3-24-16-10-8-15(9-11-16)20-18-12(2)17(25(22,23)21-18)13-4-6-14(19)7-5-13/h4-11H,3H2,1-2H3,(H,20,21). The molecule has 0 aliphatic carbocycles. The SMILES string of the molecule is CCOc1ccc(NC2=NS(=O)(=O)C(c3ccc(F)cc3)=C2C)cc1. The molecule has 0 aromatic heterocycles. The van der Waals surface area contributed by atoms with Gasteiger partial charge in [0, 0.05) is 11.3 Å². The molecule has 130 valence electrons. The Morgan fingerprint density at radius 3 is 2.32 bits per heavy atom. The van der Waals surface area contributed by atoms with E-state index in [0.29, 0.717) is 23.4 Å². The molecule has 3 rings (SSSR count). The molecule has 0 spiro atoms. The van der Waals surface area contributed by atoms with Crippen LogP contribution in [-0.2, 0) is 10.0 Å². The highest BCUT2D eigenvalue weighted by atomic mass is 32.2. The highest BCUT2D eigenvalue weighted by Crippen LogP contribution is 2.33. The number of rotatable bonds is 4. The van der Waals surface area contributed by atoms with Gasteiger partial charge in [-0.05, 0) is 55.8 Å². The number of anilines is 1. The van der Waals surface area contributed by atoms with E-state index in [0.717, 1.165) is 5.75 Å². The van der Waals surface area contributed by atoms with Crippen LogP contribution < -0.4 is 10.1 Å². The summed E-state index contributed by atoms with van der Waals surface area (Å²) in [5, 5.41) is 3.01. The van der Waals surface area contributed by atoms with Crippen molar-refractivity contribution in [1.82, 2.24) is 0 Å². The van der Waals surface area contributed by atoms with Crippen LogP contribution in [0, 0.1) is 5.82 Å². The maximum absolute atomic E-state index is 13.1. The van der Waals surface area contributed by atoms with Crippen LogP contribution in [0.15, 0.2) is 58.5 Å². The van der Waals surface area contributed by atoms with Crippen LogP contribution in [0.2, 0.25) is 0 Å². The van der Waals surface area contributed by atoms with Crippen LogP contribution in [0.5, 0.6) is 5.75 Å². The van der Waals surface area contributed by atoms with E-state index < -0.39 is 15.8 Å². The van der Waals surface area contributed by atoms with Gasteiger partial charge in [0.2, 0.25) is 0 Å². The van der Waals surface area contributed by atoms with Crippen LogP contribution in [0.3, 0.4) is 0 Å². The zero-order chi connectivity index (χ0) is 18.0. The fourth-order valence-corrected chi connectivity index (χ4v) is 3.99. The number of halogens is 1. The van der Waals surface area contributed by atoms with Crippen molar-refractivity contribution in [3.8, 4) is 5.75 Å². The number of ether oxygens (including phenoxy) is 1. The normalized spacial score (nSPS) is 15.9. The largest absolute Gasteiger partial charge is 0.494 e. The number of nitrogens with zero attached hydrogens (tertiary/aromatic N) is 1. The summed E-state index contributed by atoms with van der Waals surface area (Å²) >= 11 is 0. The van der Waals surface area contributed by atoms with Crippen LogP contribution >= 0.6 is 0 Å². The first-order chi connectivity index (χ1) is 11.9. The molecule has 0 atom stereocenters. The Hall–Kier alpha value is -2.67. The van der Waals surface area contributed by atoms with Gasteiger partial charge in [0.1, 0.15) is 22.3 Å². The Bertz CT molecular complexity index is 947. The van der Waals surface area contributed by atoms with Gasteiger partial charge in [0.05, 0.1) is 6.61 Å². The third-order valence-corrected chi connectivity index (χ3v) is 5.18. The first kappa shape index (κ1) is 17.2. The summed E-state index contributed by atoms with van der Waals surface area (Å²) in [6, 6.07) is 12.5. The van der Waals surface area contributed by atoms with Gasteiger partial charge in [-0.3, -0.25) is 0 Å². The smallest absolute Gasteiger partial charge is 0.285 e. The minimum Gasteiger partial charge on any atom is -0.494 e. The molecule has 0 unspecified atom stereocenters. The maximum atomic E-state index is 13.1. The van der Waals surface area contributed by atoms with Gasteiger partial charge in [-0.2, -0.15) is 8.42 Å². The van der Waals surface area contributed by atoms with E-state index in [9.17, 15) is 12.8 Å². The van der Waals surface area contributed by atoms with Gasteiger partial charge in [0.15, 0.2) is 0 Å². The summed E-state index contributed by atoms with van der Waals surface area (Å²) in [5.74, 6) is 0.558. The van der Waals surface area contributed by atoms with E-state index in [1.165, 1.54) is 24.3 Å². The van der Waals surface area contributed by atoms with Crippen molar-refractivity contribution in [2.75, 3.05) is 11.9 Å². The summed E-state index contributed by atoms with van der Waals surface area (Å²) < 4.78 is 47.1. The highest BCUT2D eigenvalue weighted by Gasteiger charge is 2.31. The van der Waals surface area contributed by atoms with E-state index in [-0.39, 0.29) is 10.7 Å². The fraction of sp³-hybridized carbons (Fsp3) is 0.167. The molecule has 0 bridgehead atoms. The van der Waals surface area contributed by atoms with Gasteiger partial charge in [-0.15, -0.1) is 4.40 Å². The van der Waals surface area contributed by atoms with Gasteiger partial charge in [-0.1, -0.05) is 12.1 Å². The van der Waals surface area contributed by atoms with Gasteiger partial charge in [0.25, 0.3) is 10.0 Å². The lowest BCUT2D eigenvalue weighted by Crippen LogP contribution is -2.11. The van der Waals surface area contributed by atoms with Crippen molar-refractivity contribution in [2.45, 2.75) is 13.8 Å².